The van der Waals surface area contributed by atoms with Gasteiger partial charge >= 0.3 is 0 Å². The zero-order chi connectivity index (χ0) is 17.4. The van der Waals surface area contributed by atoms with Crippen LogP contribution in [0.15, 0.2) is 47.6 Å². The minimum absolute atomic E-state index is 0. The van der Waals surface area contributed by atoms with Gasteiger partial charge in [-0.25, -0.2) is 4.99 Å². The maximum atomic E-state index is 4.68. The van der Waals surface area contributed by atoms with Crippen LogP contribution >= 0.6 is 24.0 Å². The summed E-state index contributed by atoms with van der Waals surface area (Å²) in [6.45, 7) is 9.87. The summed E-state index contributed by atoms with van der Waals surface area (Å²) in [4.78, 5) is 9.08. The molecule has 4 nitrogen and oxygen atoms in total. The Morgan fingerprint density at radius 1 is 1.16 bits per heavy atom. The van der Waals surface area contributed by atoms with Crippen LogP contribution in [0.25, 0.3) is 0 Å². The van der Waals surface area contributed by atoms with E-state index in [9.17, 15) is 0 Å². The number of hydrogen-bond donors (Lipinski definition) is 2. The number of guanidine groups is 1. The van der Waals surface area contributed by atoms with Crippen LogP contribution < -0.4 is 10.6 Å². The summed E-state index contributed by atoms with van der Waals surface area (Å²) in [7, 11) is 0. The second-order valence-corrected chi connectivity index (χ2v) is 5.92. The van der Waals surface area contributed by atoms with E-state index in [4.69, 9.17) is 0 Å². The van der Waals surface area contributed by atoms with Gasteiger partial charge < -0.3 is 10.6 Å². The quantitative estimate of drug-likeness (QED) is 0.389. The lowest BCUT2D eigenvalue weighted by Crippen LogP contribution is -2.38. The average molecular weight is 452 g/mol. The van der Waals surface area contributed by atoms with E-state index in [-0.39, 0.29) is 30.0 Å². The molecule has 2 N–H and O–H groups in total. The lowest BCUT2D eigenvalue weighted by atomic mass is 10.1. The Labute approximate surface area is 168 Å². The normalized spacial score (nSPS) is 12.2. The summed E-state index contributed by atoms with van der Waals surface area (Å²) in [5.74, 6) is 0.814. The van der Waals surface area contributed by atoms with E-state index in [0.717, 1.165) is 24.6 Å². The molecule has 1 unspecified atom stereocenters. The highest BCUT2D eigenvalue weighted by molar-refractivity contribution is 14.0. The summed E-state index contributed by atoms with van der Waals surface area (Å²) in [5, 5.41) is 6.78. The van der Waals surface area contributed by atoms with Crippen molar-refractivity contribution in [3.8, 4) is 0 Å². The van der Waals surface area contributed by atoms with Gasteiger partial charge in [-0.2, -0.15) is 0 Å². The van der Waals surface area contributed by atoms with Crippen LogP contribution in [0.2, 0.25) is 0 Å². The number of rotatable bonds is 6. The molecule has 0 aliphatic rings. The highest BCUT2D eigenvalue weighted by Gasteiger charge is 2.08. The molecule has 5 heteroatoms. The van der Waals surface area contributed by atoms with Crippen molar-refractivity contribution in [2.24, 2.45) is 4.99 Å². The zero-order valence-corrected chi connectivity index (χ0v) is 17.9. The van der Waals surface area contributed by atoms with Gasteiger partial charge in [0.1, 0.15) is 0 Å². The van der Waals surface area contributed by atoms with Crippen molar-refractivity contribution in [3.05, 3.63) is 65.0 Å². The Kier molecular flexibility index (Phi) is 9.49. The molecule has 0 aliphatic carbocycles. The van der Waals surface area contributed by atoms with Gasteiger partial charge in [0.25, 0.3) is 0 Å². The standard InChI is InChI=1S/C20H28N4.HI/c1-5-17-9-11-18(12-10-17)16(4)24-20(21-6-2)23-14-19-15(3)8-7-13-22-19;/h7-13,16H,5-6,14H2,1-4H3,(H2,21,23,24);1H. The van der Waals surface area contributed by atoms with Gasteiger partial charge in [0.15, 0.2) is 5.96 Å². The number of nitrogens with one attached hydrogen (secondary N) is 2. The molecule has 1 aromatic carbocycles. The number of pyridine rings is 1. The fraction of sp³-hybridized carbons (Fsp3) is 0.400. The number of aliphatic imine (C=N–C) groups is 1. The molecule has 136 valence electrons. The molecule has 25 heavy (non-hydrogen) atoms. The number of benzene rings is 1. The summed E-state index contributed by atoms with van der Waals surface area (Å²) >= 11 is 0. The fourth-order valence-electron chi connectivity index (χ4n) is 2.49. The van der Waals surface area contributed by atoms with Crippen molar-refractivity contribution in [1.29, 1.82) is 0 Å². The van der Waals surface area contributed by atoms with Crippen molar-refractivity contribution in [1.82, 2.24) is 15.6 Å². The Morgan fingerprint density at radius 3 is 2.48 bits per heavy atom. The molecule has 1 heterocycles. The van der Waals surface area contributed by atoms with Crippen LogP contribution in [0.3, 0.4) is 0 Å². The van der Waals surface area contributed by atoms with Gasteiger partial charge in [-0.3, -0.25) is 4.98 Å². The van der Waals surface area contributed by atoms with E-state index in [1.54, 1.807) is 0 Å². The molecule has 0 saturated heterocycles. The van der Waals surface area contributed by atoms with Crippen molar-refractivity contribution in [2.45, 2.75) is 46.7 Å². The molecule has 0 aliphatic heterocycles. The lowest BCUT2D eigenvalue weighted by molar-refractivity contribution is 0.685. The molecule has 0 spiro atoms. The molecule has 0 bridgehead atoms. The van der Waals surface area contributed by atoms with Crippen LogP contribution in [-0.4, -0.2) is 17.5 Å². The van der Waals surface area contributed by atoms with Gasteiger partial charge in [-0.1, -0.05) is 37.3 Å². The average Bonchev–Trinajstić information content (AvgIpc) is 2.61. The largest absolute Gasteiger partial charge is 0.357 e. The van der Waals surface area contributed by atoms with E-state index in [1.807, 2.05) is 12.3 Å². The molecule has 1 atom stereocenters. The Morgan fingerprint density at radius 2 is 1.88 bits per heavy atom. The highest BCUT2D eigenvalue weighted by atomic mass is 127. The van der Waals surface area contributed by atoms with E-state index in [0.29, 0.717) is 6.54 Å². The van der Waals surface area contributed by atoms with Crippen LogP contribution in [0.1, 0.15) is 49.2 Å². The first-order valence-electron chi connectivity index (χ1n) is 8.68. The topological polar surface area (TPSA) is 49.3 Å². The van der Waals surface area contributed by atoms with Crippen LogP contribution in [0.5, 0.6) is 0 Å². The minimum Gasteiger partial charge on any atom is -0.357 e. The third-order valence-electron chi connectivity index (χ3n) is 4.09. The summed E-state index contributed by atoms with van der Waals surface area (Å²) in [5.41, 5.74) is 4.79. The van der Waals surface area contributed by atoms with Crippen LogP contribution in [0.4, 0.5) is 0 Å². The van der Waals surface area contributed by atoms with Gasteiger partial charge in [-0.15, -0.1) is 24.0 Å². The third kappa shape index (κ3) is 6.65. The van der Waals surface area contributed by atoms with Gasteiger partial charge in [-0.05, 0) is 49.9 Å². The Hall–Kier alpha value is -1.63. The second-order valence-electron chi connectivity index (χ2n) is 5.92. The van der Waals surface area contributed by atoms with Crippen molar-refractivity contribution < 1.29 is 0 Å². The Balaban J connectivity index is 0.00000312. The molecular weight excluding hydrogens is 423 g/mol. The molecule has 2 rings (SSSR count). The van der Waals surface area contributed by atoms with Crippen molar-refractivity contribution in [3.63, 3.8) is 0 Å². The predicted molar refractivity (Wildman–Crippen MR) is 117 cm³/mol. The first-order valence-corrected chi connectivity index (χ1v) is 8.68. The number of nitrogens with zero attached hydrogens (tertiary/aromatic N) is 2. The first-order chi connectivity index (χ1) is 11.6. The number of aryl methyl sites for hydroxylation is 2. The first kappa shape index (κ1) is 21.4. The summed E-state index contributed by atoms with van der Waals surface area (Å²) in [6, 6.07) is 13.0. The molecule has 0 amide bonds. The van der Waals surface area contributed by atoms with E-state index >= 15 is 0 Å². The SMILES string of the molecule is CCNC(=NCc1ncccc1C)NC(C)c1ccc(CC)cc1.I. The van der Waals surface area contributed by atoms with Crippen molar-refractivity contribution >= 4 is 29.9 Å². The fourth-order valence-corrected chi connectivity index (χ4v) is 2.49. The maximum absolute atomic E-state index is 4.68. The molecule has 1 aromatic heterocycles. The van der Waals surface area contributed by atoms with E-state index in [2.05, 4.69) is 78.6 Å². The summed E-state index contributed by atoms with van der Waals surface area (Å²) < 4.78 is 0. The molecular formula is C20H29IN4. The van der Waals surface area contributed by atoms with Gasteiger partial charge in [0.05, 0.1) is 18.3 Å². The Bertz CT molecular complexity index is 668. The van der Waals surface area contributed by atoms with E-state index in [1.165, 1.54) is 16.7 Å². The molecule has 0 radical (unpaired) electrons. The highest BCUT2D eigenvalue weighted by Crippen LogP contribution is 2.14. The smallest absolute Gasteiger partial charge is 0.192 e. The van der Waals surface area contributed by atoms with Crippen molar-refractivity contribution in [2.75, 3.05) is 6.54 Å². The summed E-state index contributed by atoms with van der Waals surface area (Å²) in [6.07, 6.45) is 2.88. The monoisotopic (exact) mass is 452 g/mol. The van der Waals surface area contributed by atoms with Gasteiger partial charge in [0, 0.05) is 12.7 Å². The molecule has 0 saturated carbocycles. The van der Waals surface area contributed by atoms with Crippen LogP contribution in [-0.2, 0) is 13.0 Å². The van der Waals surface area contributed by atoms with Gasteiger partial charge in [0.2, 0.25) is 0 Å². The second kappa shape index (κ2) is 11.1. The van der Waals surface area contributed by atoms with E-state index < -0.39 is 0 Å². The minimum atomic E-state index is 0. The van der Waals surface area contributed by atoms with Crippen LogP contribution in [0, 0.1) is 6.92 Å². The number of aromatic nitrogens is 1. The zero-order valence-electron chi connectivity index (χ0n) is 15.5. The number of halogens is 1. The third-order valence-corrected chi connectivity index (χ3v) is 4.09. The molecule has 2 aromatic rings. The maximum Gasteiger partial charge on any atom is 0.192 e. The number of hydrogen-bond acceptors (Lipinski definition) is 2. The predicted octanol–water partition coefficient (Wildman–Crippen LogP) is 4.39. The lowest BCUT2D eigenvalue weighted by Gasteiger charge is -2.18. The molecule has 0 fully saturated rings.